The standard InChI is InChI=1S/C19H21N3O3/c23-18(21-16-9-5-2-6-10-16)17-13-20-11-12-22(17)19(24)25-14-15-7-3-1-4-8-15/h1-10,17,20H,11-14H2,(H,21,23)/t17-/m0/s1. The maximum absolute atomic E-state index is 12.6. The van der Waals surface area contributed by atoms with E-state index in [1.54, 1.807) is 0 Å². The molecule has 1 fully saturated rings. The third-order valence-corrected chi connectivity index (χ3v) is 4.03. The molecule has 0 aliphatic carbocycles. The van der Waals surface area contributed by atoms with Gasteiger partial charge in [-0.05, 0) is 17.7 Å². The van der Waals surface area contributed by atoms with Crippen LogP contribution in [0.25, 0.3) is 0 Å². The van der Waals surface area contributed by atoms with Gasteiger partial charge in [-0.25, -0.2) is 4.79 Å². The van der Waals surface area contributed by atoms with Gasteiger partial charge in [-0.2, -0.15) is 0 Å². The van der Waals surface area contributed by atoms with Gasteiger partial charge in [-0.15, -0.1) is 0 Å². The molecular formula is C19H21N3O3. The zero-order chi connectivity index (χ0) is 17.5. The predicted octanol–water partition coefficient (Wildman–Crippen LogP) is 2.24. The van der Waals surface area contributed by atoms with E-state index in [4.69, 9.17) is 4.74 Å². The van der Waals surface area contributed by atoms with E-state index in [1.165, 1.54) is 4.90 Å². The molecule has 1 heterocycles. The van der Waals surface area contributed by atoms with Crippen molar-refractivity contribution in [1.82, 2.24) is 10.2 Å². The summed E-state index contributed by atoms with van der Waals surface area (Å²) in [5, 5.41) is 5.99. The van der Waals surface area contributed by atoms with Crippen LogP contribution in [0.15, 0.2) is 60.7 Å². The molecule has 2 aromatic carbocycles. The van der Waals surface area contributed by atoms with E-state index in [0.29, 0.717) is 25.3 Å². The van der Waals surface area contributed by atoms with Crippen LogP contribution in [0, 0.1) is 0 Å². The smallest absolute Gasteiger partial charge is 0.410 e. The first-order chi connectivity index (χ1) is 12.2. The highest BCUT2D eigenvalue weighted by molar-refractivity contribution is 5.96. The Hall–Kier alpha value is -2.86. The number of carbonyl (C=O) groups excluding carboxylic acids is 2. The molecule has 3 rings (SSSR count). The van der Waals surface area contributed by atoms with Crippen molar-refractivity contribution in [2.45, 2.75) is 12.6 Å². The summed E-state index contributed by atoms with van der Waals surface area (Å²) in [5.41, 5.74) is 1.62. The fraction of sp³-hybridized carbons (Fsp3) is 0.263. The maximum Gasteiger partial charge on any atom is 0.410 e. The molecule has 6 nitrogen and oxygen atoms in total. The summed E-state index contributed by atoms with van der Waals surface area (Å²) in [7, 11) is 0. The Morgan fingerprint density at radius 1 is 1.08 bits per heavy atom. The van der Waals surface area contributed by atoms with E-state index < -0.39 is 12.1 Å². The van der Waals surface area contributed by atoms with Gasteiger partial charge in [-0.3, -0.25) is 9.69 Å². The van der Waals surface area contributed by atoms with Crippen molar-refractivity contribution in [3.8, 4) is 0 Å². The van der Waals surface area contributed by atoms with Crippen molar-refractivity contribution >= 4 is 17.7 Å². The van der Waals surface area contributed by atoms with Gasteiger partial charge in [0.1, 0.15) is 12.6 Å². The van der Waals surface area contributed by atoms with E-state index in [2.05, 4.69) is 10.6 Å². The number of benzene rings is 2. The molecule has 0 radical (unpaired) electrons. The monoisotopic (exact) mass is 339 g/mol. The topological polar surface area (TPSA) is 70.7 Å². The zero-order valence-corrected chi connectivity index (χ0v) is 13.9. The Labute approximate surface area is 146 Å². The highest BCUT2D eigenvalue weighted by Crippen LogP contribution is 2.12. The molecular weight excluding hydrogens is 318 g/mol. The molecule has 0 aromatic heterocycles. The number of para-hydroxylation sites is 1. The summed E-state index contributed by atoms with van der Waals surface area (Å²) in [6, 6.07) is 18.1. The van der Waals surface area contributed by atoms with Crippen molar-refractivity contribution in [3.05, 3.63) is 66.2 Å². The molecule has 1 atom stereocenters. The van der Waals surface area contributed by atoms with Crippen molar-refractivity contribution in [2.75, 3.05) is 25.0 Å². The van der Waals surface area contributed by atoms with Gasteiger partial charge in [0.25, 0.3) is 0 Å². The van der Waals surface area contributed by atoms with Crippen LogP contribution in [-0.4, -0.2) is 42.6 Å². The summed E-state index contributed by atoms with van der Waals surface area (Å²) < 4.78 is 5.38. The number of piperazine rings is 1. The van der Waals surface area contributed by atoms with Crippen molar-refractivity contribution in [1.29, 1.82) is 0 Å². The van der Waals surface area contributed by atoms with Gasteiger partial charge in [0.05, 0.1) is 0 Å². The third kappa shape index (κ3) is 4.58. The second kappa shape index (κ2) is 8.30. The molecule has 0 saturated carbocycles. The average molecular weight is 339 g/mol. The lowest BCUT2D eigenvalue weighted by atomic mass is 10.2. The molecule has 130 valence electrons. The number of nitrogens with one attached hydrogen (secondary N) is 2. The molecule has 0 spiro atoms. The number of anilines is 1. The molecule has 25 heavy (non-hydrogen) atoms. The number of ether oxygens (including phenoxy) is 1. The molecule has 2 amide bonds. The molecule has 2 aromatic rings. The van der Waals surface area contributed by atoms with Crippen LogP contribution in [0.3, 0.4) is 0 Å². The van der Waals surface area contributed by atoms with E-state index in [-0.39, 0.29) is 12.5 Å². The minimum absolute atomic E-state index is 0.191. The van der Waals surface area contributed by atoms with E-state index in [0.717, 1.165) is 5.56 Å². The first-order valence-corrected chi connectivity index (χ1v) is 8.28. The number of hydrogen-bond acceptors (Lipinski definition) is 4. The Bertz CT molecular complexity index is 706. The fourth-order valence-corrected chi connectivity index (χ4v) is 2.71. The van der Waals surface area contributed by atoms with Gasteiger partial charge >= 0.3 is 6.09 Å². The van der Waals surface area contributed by atoms with Crippen LogP contribution in [0.1, 0.15) is 5.56 Å². The van der Waals surface area contributed by atoms with Crippen LogP contribution in [0.5, 0.6) is 0 Å². The van der Waals surface area contributed by atoms with Gasteiger partial charge in [0.2, 0.25) is 5.91 Å². The number of carbonyl (C=O) groups is 2. The first kappa shape index (κ1) is 17.0. The Balaban J connectivity index is 1.61. The fourth-order valence-electron chi connectivity index (χ4n) is 2.71. The predicted molar refractivity (Wildman–Crippen MR) is 95.1 cm³/mol. The van der Waals surface area contributed by atoms with Crippen molar-refractivity contribution in [3.63, 3.8) is 0 Å². The normalized spacial score (nSPS) is 17.0. The third-order valence-electron chi connectivity index (χ3n) is 4.03. The number of rotatable bonds is 4. The van der Waals surface area contributed by atoms with Crippen LogP contribution in [0.4, 0.5) is 10.5 Å². The number of hydrogen-bond donors (Lipinski definition) is 2. The van der Waals surface area contributed by atoms with Crippen LogP contribution < -0.4 is 10.6 Å². The molecule has 6 heteroatoms. The van der Waals surface area contributed by atoms with Crippen LogP contribution in [-0.2, 0) is 16.1 Å². The zero-order valence-electron chi connectivity index (χ0n) is 13.9. The van der Waals surface area contributed by atoms with Gasteiger partial charge in [0.15, 0.2) is 0 Å². The Morgan fingerprint density at radius 2 is 1.76 bits per heavy atom. The minimum Gasteiger partial charge on any atom is -0.445 e. The SMILES string of the molecule is O=C(Nc1ccccc1)[C@@H]1CNCCN1C(=O)OCc1ccccc1. The molecule has 1 aliphatic heterocycles. The summed E-state index contributed by atoms with van der Waals surface area (Å²) >= 11 is 0. The molecule has 2 N–H and O–H groups in total. The van der Waals surface area contributed by atoms with Gasteiger partial charge in [-0.1, -0.05) is 48.5 Å². The van der Waals surface area contributed by atoms with E-state index in [9.17, 15) is 9.59 Å². The minimum atomic E-state index is -0.600. The van der Waals surface area contributed by atoms with Crippen LogP contribution >= 0.6 is 0 Å². The van der Waals surface area contributed by atoms with Crippen molar-refractivity contribution in [2.24, 2.45) is 0 Å². The molecule has 0 bridgehead atoms. The lowest BCUT2D eigenvalue weighted by molar-refractivity contribution is -0.121. The Morgan fingerprint density at radius 3 is 2.48 bits per heavy atom. The summed E-state index contributed by atoms with van der Waals surface area (Å²) in [5.74, 6) is -0.227. The highest BCUT2D eigenvalue weighted by atomic mass is 16.6. The second-order valence-corrected chi connectivity index (χ2v) is 5.81. The van der Waals surface area contributed by atoms with Gasteiger partial charge in [0, 0.05) is 25.3 Å². The summed E-state index contributed by atoms with van der Waals surface area (Å²) in [6.45, 7) is 1.66. The lowest BCUT2D eigenvalue weighted by Crippen LogP contribution is -2.58. The lowest BCUT2D eigenvalue weighted by Gasteiger charge is -2.34. The second-order valence-electron chi connectivity index (χ2n) is 5.81. The van der Waals surface area contributed by atoms with Crippen LogP contribution in [0.2, 0.25) is 0 Å². The van der Waals surface area contributed by atoms with Gasteiger partial charge < -0.3 is 15.4 Å². The Kier molecular flexibility index (Phi) is 5.64. The molecule has 1 aliphatic rings. The van der Waals surface area contributed by atoms with E-state index >= 15 is 0 Å². The number of nitrogens with zero attached hydrogens (tertiary/aromatic N) is 1. The first-order valence-electron chi connectivity index (χ1n) is 8.28. The van der Waals surface area contributed by atoms with E-state index in [1.807, 2.05) is 60.7 Å². The quantitative estimate of drug-likeness (QED) is 0.896. The number of amides is 2. The maximum atomic E-state index is 12.6. The highest BCUT2D eigenvalue weighted by Gasteiger charge is 2.33. The molecule has 0 unspecified atom stereocenters. The molecule has 1 saturated heterocycles. The largest absolute Gasteiger partial charge is 0.445 e. The average Bonchev–Trinajstić information content (AvgIpc) is 2.67. The van der Waals surface area contributed by atoms with Crippen molar-refractivity contribution < 1.29 is 14.3 Å². The summed E-state index contributed by atoms with van der Waals surface area (Å²) in [6.07, 6.45) is -0.474. The summed E-state index contributed by atoms with van der Waals surface area (Å²) in [4.78, 5) is 26.5.